The summed E-state index contributed by atoms with van der Waals surface area (Å²) in [6.07, 6.45) is 0.510. The van der Waals surface area contributed by atoms with Crippen LogP contribution in [-0.4, -0.2) is 40.7 Å². The van der Waals surface area contributed by atoms with Gasteiger partial charge in [0, 0.05) is 18.9 Å². The quantitative estimate of drug-likeness (QED) is 0.346. The molecular weight excluding hydrogens is 364 g/mol. The van der Waals surface area contributed by atoms with Crippen molar-refractivity contribution in [2.75, 3.05) is 26.1 Å². The molecule has 7 heteroatoms. The molecule has 0 atom stereocenters. The van der Waals surface area contributed by atoms with Crippen LogP contribution >= 0.6 is 11.8 Å². The fourth-order valence-corrected chi connectivity index (χ4v) is 3.49. The van der Waals surface area contributed by atoms with E-state index >= 15 is 0 Å². The highest BCUT2D eigenvalue weighted by Gasteiger charge is 2.11. The van der Waals surface area contributed by atoms with Gasteiger partial charge in [-0.15, -0.1) is 0 Å². The van der Waals surface area contributed by atoms with Crippen LogP contribution in [0, 0.1) is 0 Å². The second-order valence-corrected chi connectivity index (χ2v) is 6.88. The summed E-state index contributed by atoms with van der Waals surface area (Å²) in [5.41, 5.74) is 0.606. The highest BCUT2D eigenvalue weighted by molar-refractivity contribution is 7.99. The number of thioether (sulfide) groups is 1. The number of fused-ring (bicyclic) bond motifs is 1. The summed E-state index contributed by atoms with van der Waals surface area (Å²) in [5, 5.41) is 10.4. The predicted molar refractivity (Wildman–Crippen MR) is 107 cm³/mol. The fraction of sp³-hybridized carbons (Fsp3) is 0.300. The van der Waals surface area contributed by atoms with Crippen molar-refractivity contribution in [2.24, 2.45) is 0 Å². The van der Waals surface area contributed by atoms with E-state index < -0.39 is 0 Å². The topological polar surface area (TPSA) is 73.6 Å². The van der Waals surface area contributed by atoms with Gasteiger partial charge in [-0.1, -0.05) is 23.9 Å². The van der Waals surface area contributed by atoms with Crippen LogP contribution in [-0.2, 0) is 6.54 Å². The molecule has 0 saturated heterocycles. The first-order valence-corrected chi connectivity index (χ1v) is 9.71. The maximum atomic E-state index is 12.8. The average molecular weight is 386 g/mol. The number of nitrogens with zero attached hydrogens (tertiary/aromatic N) is 2. The van der Waals surface area contributed by atoms with Gasteiger partial charge in [0.25, 0.3) is 5.56 Å². The molecule has 0 bridgehead atoms. The van der Waals surface area contributed by atoms with Gasteiger partial charge in [-0.25, -0.2) is 4.98 Å². The molecule has 0 unspecified atom stereocenters. The van der Waals surface area contributed by atoms with Crippen molar-refractivity contribution in [3.8, 4) is 11.5 Å². The van der Waals surface area contributed by atoms with Gasteiger partial charge in [-0.3, -0.25) is 9.36 Å². The first-order valence-electron chi connectivity index (χ1n) is 8.73. The lowest BCUT2D eigenvalue weighted by Gasteiger charge is -2.13. The Morgan fingerprint density at radius 3 is 2.59 bits per heavy atom. The zero-order valence-corrected chi connectivity index (χ0v) is 15.9. The van der Waals surface area contributed by atoms with Crippen molar-refractivity contribution in [2.45, 2.75) is 18.1 Å². The molecule has 1 N–H and O–H groups in total. The average Bonchev–Trinajstić information content (AvgIpc) is 2.71. The van der Waals surface area contributed by atoms with Gasteiger partial charge in [0.05, 0.1) is 24.6 Å². The van der Waals surface area contributed by atoms with Crippen LogP contribution in [0.3, 0.4) is 0 Å². The molecule has 1 aromatic heterocycles. The number of hydrogen-bond donors (Lipinski definition) is 1. The second-order valence-electron chi connectivity index (χ2n) is 5.82. The third-order valence-electron chi connectivity index (χ3n) is 4.01. The number of methoxy groups -OCH3 is 1. The summed E-state index contributed by atoms with van der Waals surface area (Å²) < 4.78 is 12.5. The van der Waals surface area contributed by atoms with Gasteiger partial charge in [0.2, 0.25) is 0 Å². The number of benzene rings is 2. The highest BCUT2D eigenvalue weighted by Crippen LogP contribution is 2.20. The lowest BCUT2D eigenvalue weighted by molar-refractivity contribution is 0.276. The summed E-state index contributed by atoms with van der Waals surface area (Å²) in [6, 6.07) is 14.7. The van der Waals surface area contributed by atoms with E-state index in [9.17, 15) is 4.79 Å². The first-order chi connectivity index (χ1) is 13.2. The Kier molecular flexibility index (Phi) is 6.73. The van der Waals surface area contributed by atoms with E-state index in [1.54, 1.807) is 17.7 Å². The molecule has 0 fully saturated rings. The molecule has 2 aromatic carbocycles. The minimum atomic E-state index is -0.0763. The number of aliphatic hydroxyl groups excluding tert-OH is 1. The van der Waals surface area contributed by atoms with E-state index in [-0.39, 0.29) is 12.2 Å². The summed E-state index contributed by atoms with van der Waals surface area (Å²) in [7, 11) is 1.62. The minimum absolute atomic E-state index is 0.0317. The van der Waals surface area contributed by atoms with Gasteiger partial charge >= 0.3 is 0 Å². The third-order valence-corrected chi connectivity index (χ3v) is 4.95. The zero-order valence-electron chi connectivity index (χ0n) is 15.1. The molecule has 3 rings (SSSR count). The van der Waals surface area contributed by atoms with Crippen molar-refractivity contribution in [1.29, 1.82) is 0 Å². The number of para-hydroxylation sites is 1. The second kappa shape index (κ2) is 9.43. The lowest BCUT2D eigenvalue weighted by atomic mass is 10.2. The Balaban J connectivity index is 1.70. The molecular formula is C20H22N2O4S. The van der Waals surface area contributed by atoms with E-state index in [2.05, 4.69) is 4.98 Å². The maximum absolute atomic E-state index is 12.8. The van der Waals surface area contributed by atoms with Crippen LogP contribution in [0.15, 0.2) is 58.5 Å². The monoisotopic (exact) mass is 386 g/mol. The fourth-order valence-electron chi connectivity index (χ4n) is 2.65. The summed E-state index contributed by atoms with van der Waals surface area (Å²) in [6.45, 7) is 0.957. The molecule has 0 amide bonds. The Labute approximate surface area is 161 Å². The summed E-state index contributed by atoms with van der Waals surface area (Å²) in [4.78, 5) is 17.4. The molecule has 6 nitrogen and oxygen atoms in total. The molecule has 0 aliphatic heterocycles. The van der Waals surface area contributed by atoms with Crippen molar-refractivity contribution in [3.05, 3.63) is 58.9 Å². The van der Waals surface area contributed by atoms with Gasteiger partial charge < -0.3 is 14.6 Å². The van der Waals surface area contributed by atoms with Gasteiger partial charge in [0.15, 0.2) is 5.16 Å². The molecule has 0 aliphatic rings. The lowest BCUT2D eigenvalue weighted by Crippen LogP contribution is -2.24. The maximum Gasteiger partial charge on any atom is 0.262 e. The molecule has 142 valence electrons. The van der Waals surface area contributed by atoms with Crippen molar-refractivity contribution >= 4 is 22.7 Å². The number of rotatable bonds is 9. The Bertz CT molecular complexity index is 941. The van der Waals surface area contributed by atoms with Crippen molar-refractivity contribution in [1.82, 2.24) is 9.55 Å². The number of aromatic nitrogens is 2. The first kappa shape index (κ1) is 19.3. The van der Waals surface area contributed by atoms with E-state index in [4.69, 9.17) is 14.6 Å². The van der Waals surface area contributed by atoms with Crippen LogP contribution in [0.2, 0.25) is 0 Å². The van der Waals surface area contributed by atoms with Crippen molar-refractivity contribution in [3.63, 3.8) is 0 Å². The zero-order chi connectivity index (χ0) is 19.1. The van der Waals surface area contributed by atoms with E-state index in [0.717, 1.165) is 11.5 Å². The Hall–Kier alpha value is -2.51. The van der Waals surface area contributed by atoms with Crippen LogP contribution in [0.1, 0.15) is 6.42 Å². The highest BCUT2D eigenvalue weighted by atomic mass is 32.2. The van der Waals surface area contributed by atoms with E-state index in [0.29, 0.717) is 41.4 Å². The molecule has 0 radical (unpaired) electrons. The number of ether oxygens (including phenoxy) is 2. The largest absolute Gasteiger partial charge is 0.497 e. The number of hydrogen-bond acceptors (Lipinski definition) is 6. The van der Waals surface area contributed by atoms with E-state index in [1.807, 2.05) is 42.5 Å². The van der Waals surface area contributed by atoms with Crippen LogP contribution in [0.25, 0.3) is 10.9 Å². The third kappa shape index (κ3) is 4.81. The molecule has 0 aliphatic carbocycles. The molecule has 3 aromatic rings. The van der Waals surface area contributed by atoms with Crippen LogP contribution < -0.4 is 15.0 Å². The predicted octanol–water partition coefficient (Wildman–Crippen LogP) is 2.96. The van der Waals surface area contributed by atoms with Crippen molar-refractivity contribution < 1.29 is 14.6 Å². The SMILES string of the molecule is COc1ccc(OCCSc2nc3ccccc3c(=O)n2CCCO)cc1. The van der Waals surface area contributed by atoms with Gasteiger partial charge in [-0.2, -0.15) is 0 Å². The van der Waals surface area contributed by atoms with Gasteiger partial charge in [0.1, 0.15) is 11.5 Å². The molecule has 0 spiro atoms. The van der Waals surface area contributed by atoms with Crippen LogP contribution in [0.4, 0.5) is 0 Å². The molecule has 1 heterocycles. The molecule has 0 saturated carbocycles. The van der Waals surface area contributed by atoms with E-state index in [1.165, 1.54) is 11.8 Å². The Morgan fingerprint density at radius 1 is 1.11 bits per heavy atom. The minimum Gasteiger partial charge on any atom is -0.497 e. The summed E-state index contributed by atoms with van der Waals surface area (Å²) in [5.74, 6) is 2.20. The normalized spacial score (nSPS) is 10.9. The summed E-state index contributed by atoms with van der Waals surface area (Å²) >= 11 is 1.47. The smallest absolute Gasteiger partial charge is 0.262 e. The Morgan fingerprint density at radius 2 is 1.85 bits per heavy atom. The standard InChI is InChI=1S/C20H22N2O4S/c1-25-15-7-9-16(10-8-15)26-13-14-27-20-21-18-6-3-2-5-17(18)19(24)22(20)11-4-12-23/h2-3,5-10,23H,4,11-14H2,1H3. The van der Waals surface area contributed by atoms with Gasteiger partial charge in [-0.05, 0) is 42.8 Å². The number of aliphatic hydroxyl groups is 1. The molecule has 27 heavy (non-hydrogen) atoms. The van der Waals surface area contributed by atoms with Crippen LogP contribution in [0.5, 0.6) is 11.5 Å².